The number of aromatic amines is 1. The Balaban J connectivity index is 2.00. The van der Waals surface area contributed by atoms with Gasteiger partial charge in [-0.25, -0.2) is 22.5 Å². The molecule has 6 nitrogen and oxygen atoms in total. The molecule has 1 aromatic carbocycles. The molecule has 0 radical (unpaired) electrons. The van der Waals surface area contributed by atoms with Gasteiger partial charge in [-0.2, -0.15) is 0 Å². The quantitative estimate of drug-likeness (QED) is 0.528. The van der Waals surface area contributed by atoms with Crippen LogP contribution >= 0.6 is 15.9 Å². The molecule has 2 rings (SSSR count). The van der Waals surface area contributed by atoms with Crippen molar-refractivity contribution in [2.45, 2.75) is 17.7 Å². The molecule has 0 unspecified atom stereocenters. The van der Waals surface area contributed by atoms with Crippen molar-refractivity contribution in [2.24, 2.45) is 0 Å². The molecular weight excluding hydrogens is 363 g/mol. The number of imidazole rings is 1. The highest BCUT2D eigenvalue weighted by atomic mass is 79.9. The first-order valence-electron chi connectivity index (χ1n) is 6.12. The number of rotatable bonds is 6. The lowest BCUT2D eigenvalue weighted by Gasteiger charge is -2.09. The highest BCUT2D eigenvalue weighted by molar-refractivity contribution is 9.10. The normalized spacial score (nSPS) is 11.7. The van der Waals surface area contributed by atoms with Crippen LogP contribution in [0.5, 0.6) is 0 Å². The van der Waals surface area contributed by atoms with Crippen LogP contribution in [0.4, 0.5) is 10.1 Å². The molecular formula is C12H14BrFN4O2S. The number of sulfonamides is 1. The summed E-state index contributed by atoms with van der Waals surface area (Å²) in [6.07, 6.45) is 4.54. The fourth-order valence-corrected chi connectivity index (χ4v) is 3.46. The number of benzene rings is 1. The zero-order valence-corrected chi connectivity index (χ0v) is 13.3. The van der Waals surface area contributed by atoms with Crippen molar-refractivity contribution in [2.75, 3.05) is 12.3 Å². The van der Waals surface area contributed by atoms with Crippen molar-refractivity contribution in [1.29, 1.82) is 0 Å². The molecule has 114 valence electrons. The molecule has 2 aromatic rings. The van der Waals surface area contributed by atoms with Crippen molar-refractivity contribution < 1.29 is 12.8 Å². The Hall–Kier alpha value is -1.45. The van der Waals surface area contributed by atoms with Gasteiger partial charge in [0.15, 0.2) is 0 Å². The summed E-state index contributed by atoms with van der Waals surface area (Å²) in [7, 11) is -3.77. The minimum Gasteiger partial charge on any atom is -0.398 e. The van der Waals surface area contributed by atoms with Gasteiger partial charge in [0, 0.05) is 25.4 Å². The molecule has 1 aromatic heterocycles. The smallest absolute Gasteiger partial charge is 0.242 e. The summed E-state index contributed by atoms with van der Waals surface area (Å²) in [6, 6.07) is 2.13. The number of hydrogen-bond acceptors (Lipinski definition) is 4. The van der Waals surface area contributed by atoms with Crippen LogP contribution in [0.1, 0.15) is 12.2 Å². The van der Waals surface area contributed by atoms with Gasteiger partial charge in [-0.3, -0.25) is 0 Å². The van der Waals surface area contributed by atoms with E-state index in [0.29, 0.717) is 12.8 Å². The Bertz CT molecular complexity index is 719. The molecule has 4 N–H and O–H groups in total. The maximum atomic E-state index is 13.3. The standard InChI is InChI=1S/C12H14BrFN4O2S/c13-8-6-11(10(15)7-9(8)14)21(19,20)18-3-1-2-12-16-4-5-17-12/h4-7,18H,1-3,15H2,(H,16,17). The zero-order valence-electron chi connectivity index (χ0n) is 10.9. The monoisotopic (exact) mass is 376 g/mol. The second kappa shape index (κ2) is 6.54. The number of H-pyrrole nitrogens is 1. The van der Waals surface area contributed by atoms with Gasteiger partial charge in [-0.05, 0) is 34.5 Å². The molecule has 0 spiro atoms. The third kappa shape index (κ3) is 4.02. The van der Waals surface area contributed by atoms with Crippen LogP contribution in [0, 0.1) is 5.82 Å². The Morgan fingerprint density at radius 1 is 1.43 bits per heavy atom. The summed E-state index contributed by atoms with van der Waals surface area (Å²) in [5, 5.41) is 0. The molecule has 1 heterocycles. The van der Waals surface area contributed by atoms with Crippen molar-refractivity contribution in [1.82, 2.24) is 14.7 Å². The summed E-state index contributed by atoms with van der Waals surface area (Å²) in [5.41, 5.74) is 5.43. The van der Waals surface area contributed by atoms with E-state index in [0.717, 1.165) is 18.0 Å². The number of nitrogens with two attached hydrogens (primary N) is 1. The zero-order chi connectivity index (χ0) is 15.5. The number of nitrogens with one attached hydrogen (secondary N) is 2. The van der Waals surface area contributed by atoms with E-state index in [1.165, 1.54) is 0 Å². The average Bonchev–Trinajstić information content (AvgIpc) is 2.92. The lowest BCUT2D eigenvalue weighted by molar-refractivity contribution is 0.577. The molecule has 0 atom stereocenters. The summed E-state index contributed by atoms with van der Waals surface area (Å²) in [6.45, 7) is 0.234. The van der Waals surface area contributed by atoms with E-state index in [1.54, 1.807) is 12.4 Å². The highest BCUT2D eigenvalue weighted by Gasteiger charge is 2.19. The Labute approximate surface area is 130 Å². The molecule has 0 aliphatic heterocycles. The third-order valence-electron chi connectivity index (χ3n) is 2.78. The molecule has 0 bridgehead atoms. The molecule has 0 aliphatic carbocycles. The largest absolute Gasteiger partial charge is 0.398 e. The van der Waals surface area contributed by atoms with Crippen molar-refractivity contribution in [3.05, 3.63) is 40.6 Å². The van der Waals surface area contributed by atoms with Gasteiger partial charge >= 0.3 is 0 Å². The lowest BCUT2D eigenvalue weighted by Crippen LogP contribution is -2.26. The van der Waals surface area contributed by atoms with E-state index < -0.39 is 15.8 Å². The van der Waals surface area contributed by atoms with Gasteiger partial charge in [0.05, 0.1) is 10.2 Å². The minimum atomic E-state index is -3.77. The van der Waals surface area contributed by atoms with E-state index in [-0.39, 0.29) is 21.6 Å². The number of anilines is 1. The summed E-state index contributed by atoms with van der Waals surface area (Å²) in [4.78, 5) is 6.83. The van der Waals surface area contributed by atoms with Crippen LogP contribution in [0.3, 0.4) is 0 Å². The summed E-state index contributed by atoms with van der Waals surface area (Å²) >= 11 is 2.95. The molecule has 0 amide bonds. The summed E-state index contributed by atoms with van der Waals surface area (Å²) in [5.74, 6) is 0.183. The van der Waals surface area contributed by atoms with Crippen LogP contribution < -0.4 is 10.5 Å². The van der Waals surface area contributed by atoms with E-state index in [2.05, 4.69) is 30.6 Å². The van der Waals surface area contributed by atoms with Gasteiger partial charge in [0.25, 0.3) is 0 Å². The molecule has 0 fully saturated rings. The Kier molecular flexibility index (Phi) is 4.96. The van der Waals surface area contributed by atoms with Gasteiger partial charge in [-0.1, -0.05) is 0 Å². The SMILES string of the molecule is Nc1cc(F)c(Br)cc1S(=O)(=O)NCCCc1ncc[nH]1. The second-order valence-corrected chi connectivity index (χ2v) is 6.93. The topological polar surface area (TPSA) is 101 Å². The average molecular weight is 377 g/mol. The van der Waals surface area contributed by atoms with Gasteiger partial charge in [-0.15, -0.1) is 0 Å². The van der Waals surface area contributed by atoms with E-state index in [9.17, 15) is 12.8 Å². The first-order valence-corrected chi connectivity index (χ1v) is 8.40. The summed E-state index contributed by atoms with van der Waals surface area (Å²) < 4.78 is 40.0. The van der Waals surface area contributed by atoms with Crippen molar-refractivity contribution in [3.8, 4) is 0 Å². The lowest BCUT2D eigenvalue weighted by atomic mass is 10.3. The van der Waals surface area contributed by atoms with Crippen molar-refractivity contribution in [3.63, 3.8) is 0 Å². The maximum Gasteiger partial charge on any atom is 0.242 e. The number of aryl methyl sites for hydroxylation is 1. The first-order chi connectivity index (χ1) is 9.90. The minimum absolute atomic E-state index is 0.0488. The molecule has 9 heteroatoms. The van der Waals surface area contributed by atoms with Gasteiger partial charge < -0.3 is 10.7 Å². The number of nitrogen functional groups attached to an aromatic ring is 1. The Morgan fingerprint density at radius 2 is 2.19 bits per heavy atom. The van der Waals surface area contributed by atoms with Crippen LogP contribution in [-0.2, 0) is 16.4 Å². The maximum absolute atomic E-state index is 13.3. The molecule has 0 saturated carbocycles. The fourth-order valence-electron chi connectivity index (χ4n) is 1.75. The second-order valence-electron chi connectivity index (χ2n) is 4.34. The van der Waals surface area contributed by atoms with Gasteiger partial charge in [0.1, 0.15) is 16.5 Å². The van der Waals surface area contributed by atoms with Crippen LogP contribution in [0.25, 0.3) is 0 Å². The van der Waals surface area contributed by atoms with Crippen molar-refractivity contribution >= 4 is 31.6 Å². The number of aromatic nitrogens is 2. The predicted octanol–water partition coefficient (Wildman–Crippen LogP) is 1.80. The third-order valence-corrected chi connectivity index (χ3v) is 4.90. The highest BCUT2D eigenvalue weighted by Crippen LogP contribution is 2.25. The first kappa shape index (κ1) is 15.9. The van der Waals surface area contributed by atoms with E-state index in [4.69, 9.17) is 5.73 Å². The number of nitrogens with zero attached hydrogens (tertiary/aromatic N) is 1. The molecule has 21 heavy (non-hydrogen) atoms. The van der Waals surface area contributed by atoms with E-state index in [1.807, 2.05) is 0 Å². The van der Waals surface area contributed by atoms with E-state index >= 15 is 0 Å². The van der Waals surface area contributed by atoms with Crippen LogP contribution in [0.15, 0.2) is 33.9 Å². The predicted molar refractivity (Wildman–Crippen MR) is 80.6 cm³/mol. The number of hydrogen-bond donors (Lipinski definition) is 3. The van der Waals surface area contributed by atoms with Crippen LogP contribution in [0.2, 0.25) is 0 Å². The Morgan fingerprint density at radius 3 is 2.86 bits per heavy atom. The fraction of sp³-hybridized carbons (Fsp3) is 0.250. The molecule has 0 aliphatic rings. The number of halogens is 2. The van der Waals surface area contributed by atoms with Crippen LogP contribution in [-0.4, -0.2) is 24.9 Å². The van der Waals surface area contributed by atoms with Gasteiger partial charge in [0.2, 0.25) is 10.0 Å². The molecule has 0 saturated heterocycles.